The maximum atomic E-state index is 10.9. The molecule has 26 heavy (non-hydrogen) atoms. The molecule has 0 aliphatic rings. The van der Waals surface area contributed by atoms with Gasteiger partial charge in [-0.15, -0.1) is 0 Å². The van der Waals surface area contributed by atoms with Crippen LogP contribution in [0.4, 0.5) is 0 Å². The molecule has 0 bridgehead atoms. The highest BCUT2D eigenvalue weighted by molar-refractivity contribution is 6.32. The fraction of sp³-hybridized carbons (Fsp3) is 0.316. The van der Waals surface area contributed by atoms with Gasteiger partial charge in [-0.1, -0.05) is 42.3 Å². The number of halogens is 2. The number of primary amides is 1. The predicted molar refractivity (Wildman–Crippen MR) is 104 cm³/mol. The lowest BCUT2D eigenvalue weighted by Gasteiger charge is -2.19. The van der Waals surface area contributed by atoms with E-state index in [0.717, 1.165) is 17.5 Å². The molecule has 0 spiro atoms. The zero-order valence-corrected chi connectivity index (χ0v) is 16.2. The van der Waals surface area contributed by atoms with Gasteiger partial charge < -0.3 is 20.5 Å². The van der Waals surface area contributed by atoms with E-state index in [4.69, 9.17) is 38.4 Å². The normalized spacial score (nSPS) is 11.8. The number of rotatable bonds is 9. The number of hydrogen-bond acceptors (Lipinski definition) is 4. The topological polar surface area (TPSA) is 73.6 Å². The summed E-state index contributed by atoms with van der Waals surface area (Å²) >= 11 is 12.4. The Balaban J connectivity index is 2.13. The minimum atomic E-state index is -0.582. The van der Waals surface area contributed by atoms with Gasteiger partial charge in [0.25, 0.3) is 5.91 Å². The summed E-state index contributed by atoms with van der Waals surface area (Å²) in [4.78, 5) is 10.9. The second-order valence-electron chi connectivity index (χ2n) is 5.76. The Morgan fingerprint density at radius 1 is 1.27 bits per heavy atom. The first-order valence-electron chi connectivity index (χ1n) is 8.21. The fourth-order valence-electron chi connectivity index (χ4n) is 2.62. The molecule has 0 aliphatic carbocycles. The van der Waals surface area contributed by atoms with Gasteiger partial charge in [0.2, 0.25) is 0 Å². The third kappa shape index (κ3) is 5.53. The van der Waals surface area contributed by atoms with Crippen molar-refractivity contribution in [1.29, 1.82) is 0 Å². The molecule has 0 saturated heterocycles. The summed E-state index contributed by atoms with van der Waals surface area (Å²) in [5, 5.41) is 4.56. The van der Waals surface area contributed by atoms with Crippen molar-refractivity contribution in [1.82, 2.24) is 5.32 Å². The van der Waals surface area contributed by atoms with Gasteiger partial charge in [0.05, 0.1) is 12.1 Å². The van der Waals surface area contributed by atoms with E-state index in [1.807, 2.05) is 30.3 Å². The number of methoxy groups -OCH3 is 1. The van der Waals surface area contributed by atoms with E-state index in [9.17, 15) is 4.79 Å². The summed E-state index contributed by atoms with van der Waals surface area (Å²) in [6, 6.07) is 11.5. The average molecular weight is 397 g/mol. The molecule has 2 rings (SSSR count). The molecule has 0 saturated carbocycles. The Morgan fingerprint density at radius 2 is 2.04 bits per heavy atom. The molecule has 7 heteroatoms. The van der Waals surface area contributed by atoms with Crippen LogP contribution in [0.3, 0.4) is 0 Å². The molecule has 0 heterocycles. The summed E-state index contributed by atoms with van der Waals surface area (Å²) in [7, 11) is 1.51. The minimum absolute atomic E-state index is 0.157. The maximum Gasteiger partial charge on any atom is 0.255 e. The van der Waals surface area contributed by atoms with Crippen LogP contribution in [0.5, 0.6) is 11.5 Å². The van der Waals surface area contributed by atoms with Gasteiger partial charge in [-0.2, -0.15) is 0 Å². The first-order chi connectivity index (χ1) is 12.4. The molecule has 0 fully saturated rings. The third-order valence-electron chi connectivity index (χ3n) is 3.86. The summed E-state index contributed by atoms with van der Waals surface area (Å²) in [5.41, 5.74) is 7.16. The number of hydrogen-bond donors (Lipinski definition) is 2. The summed E-state index contributed by atoms with van der Waals surface area (Å²) in [6.45, 7) is 2.42. The fourth-order valence-corrected chi connectivity index (χ4v) is 3.11. The van der Waals surface area contributed by atoms with Gasteiger partial charge in [0.15, 0.2) is 18.1 Å². The Hall–Kier alpha value is -1.95. The lowest BCUT2D eigenvalue weighted by molar-refractivity contribution is -0.119. The van der Waals surface area contributed by atoms with Crippen molar-refractivity contribution < 1.29 is 14.3 Å². The third-order valence-corrected chi connectivity index (χ3v) is 4.38. The van der Waals surface area contributed by atoms with Crippen LogP contribution in [0, 0.1) is 0 Å². The van der Waals surface area contributed by atoms with Crippen LogP contribution >= 0.6 is 23.2 Å². The van der Waals surface area contributed by atoms with Gasteiger partial charge >= 0.3 is 0 Å². The number of ether oxygens (including phenoxy) is 2. The van der Waals surface area contributed by atoms with Gasteiger partial charge in [0, 0.05) is 17.6 Å². The monoisotopic (exact) mass is 396 g/mol. The molecular formula is C19H22Cl2N2O3. The molecule has 140 valence electrons. The molecule has 2 aromatic rings. The van der Waals surface area contributed by atoms with E-state index in [1.165, 1.54) is 7.11 Å². The molecule has 1 atom stereocenters. The quantitative estimate of drug-likeness (QED) is 0.668. The van der Waals surface area contributed by atoms with E-state index >= 15 is 0 Å². The highest BCUT2D eigenvalue weighted by atomic mass is 35.5. The van der Waals surface area contributed by atoms with E-state index in [-0.39, 0.29) is 12.6 Å². The van der Waals surface area contributed by atoms with Gasteiger partial charge in [0.1, 0.15) is 0 Å². The maximum absolute atomic E-state index is 10.9. The van der Waals surface area contributed by atoms with Crippen molar-refractivity contribution in [2.75, 3.05) is 13.7 Å². The van der Waals surface area contributed by atoms with Crippen molar-refractivity contribution in [3.63, 3.8) is 0 Å². The smallest absolute Gasteiger partial charge is 0.255 e. The highest BCUT2D eigenvalue weighted by Gasteiger charge is 2.15. The molecular weight excluding hydrogens is 375 g/mol. The largest absolute Gasteiger partial charge is 0.493 e. The second kappa shape index (κ2) is 9.67. The van der Waals surface area contributed by atoms with Crippen LogP contribution in [-0.4, -0.2) is 19.6 Å². The minimum Gasteiger partial charge on any atom is -0.493 e. The number of nitrogens with two attached hydrogens (primary N) is 1. The lowest BCUT2D eigenvalue weighted by atomic mass is 10.0. The number of amides is 1. The molecule has 5 nitrogen and oxygen atoms in total. The summed E-state index contributed by atoms with van der Waals surface area (Å²) in [5.74, 6) is 0.172. The van der Waals surface area contributed by atoms with Crippen molar-refractivity contribution >= 4 is 29.1 Å². The highest BCUT2D eigenvalue weighted by Crippen LogP contribution is 2.36. The van der Waals surface area contributed by atoms with E-state index in [0.29, 0.717) is 28.1 Å². The Morgan fingerprint density at radius 3 is 2.65 bits per heavy atom. The molecule has 1 amide bonds. The Labute approximate surface area is 163 Å². The lowest BCUT2D eigenvalue weighted by Crippen LogP contribution is -2.21. The van der Waals surface area contributed by atoms with Crippen molar-refractivity contribution in [2.24, 2.45) is 5.73 Å². The summed E-state index contributed by atoms with van der Waals surface area (Å²) in [6.07, 6.45) is 0.908. The molecule has 0 aliphatic heterocycles. The number of nitrogens with one attached hydrogen (secondary N) is 1. The Kier molecular flexibility index (Phi) is 7.57. The summed E-state index contributed by atoms with van der Waals surface area (Å²) < 4.78 is 10.7. The molecule has 1 unspecified atom stereocenters. The van der Waals surface area contributed by atoms with Crippen LogP contribution in [0.25, 0.3) is 0 Å². The zero-order chi connectivity index (χ0) is 19.1. The van der Waals surface area contributed by atoms with Crippen LogP contribution in [-0.2, 0) is 11.3 Å². The van der Waals surface area contributed by atoms with Gasteiger partial charge in [-0.05, 0) is 41.8 Å². The molecule has 0 radical (unpaired) electrons. The van der Waals surface area contributed by atoms with Gasteiger partial charge in [-0.3, -0.25) is 4.79 Å². The standard InChI is InChI=1S/C19H22Cl2N2O3/c1-3-16(13-5-4-6-14(20)9-13)23-10-12-7-15(21)19(17(8-12)25-2)26-11-18(22)24/h4-9,16,23H,3,10-11H2,1-2H3,(H2,22,24). The van der Waals surface area contributed by atoms with E-state index in [1.54, 1.807) is 6.07 Å². The van der Waals surface area contributed by atoms with Crippen LogP contribution in [0.2, 0.25) is 10.0 Å². The Bertz CT molecular complexity index is 768. The molecule has 0 aromatic heterocycles. The van der Waals surface area contributed by atoms with E-state index in [2.05, 4.69) is 12.2 Å². The SMILES string of the molecule is CCC(NCc1cc(Cl)c(OCC(N)=O)c(OC)c1)c1cccc(Cl)c1. The zero-order valence-electron chi connectivity index (χ0n) is 14.7. The van der Waals surface area contributed by atoms with Crippen molar-refractivity contribution in [3.05, 3.63) is 57.6 Å². The van der Waals surface area contributed by atoms with Crippen LogP contribution in [0.15, 0.2) is 36.4 Å². The average Bonchev–Trinajstić information content (AvgIpc) is 2.60. The van der Waals surface area contributed by atoms with E-state index < -0.39 is 5.91 Å². The van der Waals surface area contributed by atoms with Crippen molar-refractivity contribution in [2.45, 2.75) is 25.9 Å². The second-order valence-corrected chi connectivity index (χ2v) is 6.60. The number of benzene rings is 2. The molecule has 2 aromatic carbocycles. The van der Waals surface area contributed by atoms with Gasteiger partial charge in [-0.25, -0.2) is 0 Å². The predicted octanol–water partition coefficient (Wildman–Crippen LogP) is 4.11. The van der Waals surface area contributed by atoms with Crippen molar-refractivity contribution in [3.8, 4) is 11.5 Å². The number of carbonyl (C=O) groups is 1. The van der Waals surface area contributed by atoms with Crippen LogP contribution in [0.1, 0.15) is 30.5 Å². The molecule has 3 N–H and O–H groups in total. The first-order valence-corrected chi connectivity index (χ1v) is 8.96. The first kappa shape index (κ1) is 20.4. The van der Waals surface area contributed by atoms with Crippen LogP contribution < -0.4 is 20.5 Å². The number of carbonyl (C=O) groups excluding carboxylic acids is 1.